The highest BCUT2D eigenvalue weighted by molar-refractivity contribution is 5.89. The van der Waals surface area contributed by atoms with Crippen LogP contribution in [0.15, 0.2) is 24.3 Å². The van der Waals surface area contributed by atoms with Crippen LogP contribution in [-0.2, 0) is 4.74 Å². The van der Waals surface area contributed by atoms with Gasteiger partial charge in [0.25, 0.3) is 0 Å². The SMILES string of the molecule is CC(C)(C)NCC(O)c1ccc(C(=O)OCN)cc1. The molecule has 0 bridgehead atoms. The van der Waals surface area contributed by atoms with Crippen molar-refractivity contribution in [3.63, 3.8) is 0 Å². The highest BCUT2D eigenvalue weighted by atomic mass is 16.5. The van der Waals surface area contributed by atoms with Gasteiger partial charge < -0.3 is 15.2 Å². The summed E-state index contributed by atoms with van der Waals surface area (Å²) in [6, 6.07) is 6.66. The number of carbonyl (C=O) groups excluding carboxylic acids is 1. The topological polar surface area (TPSA) is 84.6 Å². The standard InChI is InChI=1S/C14H22N2O3/c1-14(2,3)16-8-12(17)10-4-6-11(7-5-10)13(18)19-9-15/h4-7,12,16-17H,8-9,15H2,1-3H3. The van der Waals surface area contributed by atoms with E-state index >= 15 is 0 Å². The van der Waals surface area contributed by atoms with Gasteiger partial charge in [-0.25, -0.2) is 4.79 Å². The van der Waals surface area contributed by atoms with Gasteiger partial charge in [-0.05, 0) is 38.5 Å². The van der Waals surface area contributed by atoms with Gasteiger partial charge in [0.2, 0.25) is 0 Å². The first-order valence-electron chi connectivity index (χ1n) is 6.24. The van der Waals surface area contributed by atoms with Crippen molar-refractivity contribution < 1.29 is 14.6 Å². The van der Waals surface area contributed by atoms with E-state index < -0.39 is 12.1 Å². The Morgan fingerprint density at radius 1 is 1.37 bits per heavy atom. The quantitative estimate of drug-likeness (QED) is 0.550. The van der Waals surface area contributed by atoms with Gasteiger partial charge in [-0.3, -0.25) is 5.73 Å². The molecule has 19 heavy (non-hydrogen) atoms. The lowest BCUT2D eigenvalue weighted by atomic mass is 10.0. The minimum Gasteiger partial charge on any atom is -0.446 e. The molecular formula is C14H22N2O3. The summed E-state index contributed by atoms with van der Waals surface area (Å²) in [5.74, 6) is -0.462. The molecule has 5 nitrogen and oxygen atoms in total. The van der Waals surface area contributed by atoms with Crippen molar-refractivity contribution in [2.75, 3.05) is 13.3 Å². The number of ether oxygens (including phenoxy) is 1. The molecule has 0 aliphatic heterocycles. The smallest absolute Gasteiger partial charge is 0.339 e. The molecule has 106 valence electrons. The fraction of sp³-hybridized carbons (Fsp3) is 0.500. The number of aliphatic hydroxyl groups is 1. The van der Waals surface area contributed by atoms with E-state index in [0.29, 0.717) is 12.1 Å². The van der Waals surface area contributed by atoms with E-state index in [1.807, 2.05) is 20.8 Å². The number of carbonyl (C=O) groups is 1. The summed E-state index contributed by atoms with van der Waals surface area (Å²) in [7, 11) is 0. The van der Waals surface area contributed by atoms with E-state index in [1.165, 1.54) is 0 Å². The molecule has 1 unspecified atom stereocenters. The second-order valence-corrected chi connectivity index (χ2v) is 5.37. The number of esters is 1. The predicted molar refractivity (Wildman–Crippen MR) is 73.6 cm³/mol. The number of nitrogens with two attached hydrogens (primary N) is 1. The van der Waals surface area contributed by atoms with Gasteiger partial charge in [-0.15, -0.1) is 0 Å². The largest absolute Gasteiger partial charge is 0.446 e. The molecule has 0 radical (unpaired) electrons. The Balaban J connectivity index is 2.63. The average molecular weight is 266 g/mol. The van der Waals surface area contributed by atoms with Gasteiger partial charge in [0, 0.05) is 12.1 Å². The van der Waals surface area contributed by atoms with Gasteiger partial charge in [-0.2, -0.15) is 0 Å². The molecule has 0 saturated carbocycles. The molecular weight excluding hydrogens is 244 g/mol. The zero-order chi connectivity index (χ0) is 14.5. The van der Waals surface area contributed by atoms with Gasteiger partial charge in [0.15, 0.2) is 0 Å². The number of hydrogen-bond acceptors (Lipinski definition) is 5. The molecule has 0 heterocycles. The minimum absolute atomic E-state index is 0.0497. The Bertz CT molecular complexity index is 410. The first-order valence-corrected chi connectivity index (χ1v) is 6.24. The number of aliphatic hydroxyl groups excluding tert-OH is 1. The van der Waals surface area contributed by atoms with E-state index in [4.69, 9.17) is 5.73 Å². The van der Waals surface area contributed by atoms with Crippen LogP contribution in [0.2, 0.25) is 0 Å². The van der Waals surface area contributed by atoms with E-state index in [9.17, 15) is 9.90 Å². The zero-order valence-electron chi connectivity index (χ0n) is 11.6. The zero-order valence-corrected chi connectivity index (χ0v) is 11.6. The van der Waals surface area contributed by atoms with Crippen LogP contribution in [0.3, 0.4) is 0 Å². The summed E-state index contributed by atoms with van der Waals surface area (Å²) in [6.45, 7) is 6.41. The lowest BCUT2D eigenvalue weighted by Gasteiger charge is -2.23. The first kappa shape index (κ1) is 15.6. The normalized spacial score (nSPS) is 13.1. The molecule has 5 heteroatoms. The Morgan fingerprint density at radius 2 is 1.95 bits per heavy atom. The average Bonchev–Trinajstić information content (AvgIpc) is 2.35. The maximum Gasteiger partial charge on any atom is 0.339 e. The highest BCUT2D eigenvalue weighted by Gasteiger charge is 2.14. The summed E-state index contributed by atoms with van der Waals surface area (Å²) in [6.07, 6.45) is -0.612. The molecule has 0 saturated heterocycles. The number of rotatable bonds is 5. The van der Waals surface area contributed by atoms with Crippen molar-refractivity contribution >= 4 is 5.97 Å². The monoisotopic (exact) mass is 266 g/mol. The van der Waals surface area contributed by atoms with Gasteiger partial charge in [-0.1, -0.05) is 12.1 Å². The van der Waals surface area contributed by atoms with Gasteiger partial charge in [0.05, 0.1) is 11.7 Å². The number of β-amino-alcohol motifs (C(OH)–C–C–N with tert-alkyl or cyclic N) is 1. The summed E-state index contributed by atoms with van der Waals surface area (Å²) in [4.78, 5) is 11.4. The van der Waals surface area contributed by atoms with Gasteiger partial charge >= 0.3 is 5.97 Å². The molecule has 0 spiro atoms. The Labute approximate surface area is 113 Å². The molecule has 0 aliphatic carbocycles. The molecule has 1 aromatic carbocycles. The molecule has 1 aromatic rings. The molecule has 0 aromatic heterocycles. The fourth-order valence-electron chi connectivity index (χ4n) is 1.52. The van der Waals surface area contributed by atoms with Crippen molar-refractivity contribution in [3.8, 4) is 0 Å². The van der Waals surface area contributed by atoms with E-state index in [2.05, 4.69) is 10.1 Å². The highest BCUT2D eigenvalue weighted by Crippen LogP contribution is 2.14. The lowest BCUT2D eigenvalue weighted by Crippen LogP contribution is -2.38. The van der Waals surface area contributed by atoms with Crippen molar-refractivity contribution in [1.29, 1.82) is 0 Å². The van der Waals surface area contributed by atoms with Crippen LogP contribution in [0, 0.1) is 0 Å². The molecule has 0 fully saturated rings. The maximum absolute atomic E-state index is 11.4. The van der Waals surface area contributed by atoms with Crippen LogP contribution >= 0.6 is 0 Å². The second-order valence-electron chi connectivity index (χ2n) is 5.37. The van der Waals surface area contributed by atoms with E-state index in [1.54, 1.807) is 24.3 Å². The van der Waals surface area contributed by atoms with Crippen LogP contribution in [0.25, 0.3) is 0 Å². The third kappa shape index (κ3) is 5.38. The Morgan fingerprint density at radius 3 is 2.42 bits per heavy atom. The summed E-state index contributed by atoms with van der Waals surface area (Å²) >= 11 is 0. The third-order valence-electron chi connectivity index (χ3n) is 2.57. The minimum atomic E-state index is -0.612. The first-order chi connectivity index (χ1) is 8.83. The second kappa shape index (κ2) is 6.65. The van der Waals surface area contributed by atoms with Crippen molar-refractivity contribution in [2.45, 2.75) is 32.4 Å². The van der Waals surface area contributed by atoms with Crippen LogP contribution in [0.5, 0.6) is 0 Å². The van der Waals surface area contributed by atoms with Crippen LogP contribution < -0.4 is 11.1 Å². The maximum atomic E-state index is 11.4. The van der Waals surface area contributed by atoms with Crippen molar-refractivity contribution in [1.82, 2.24) is 5.32 Å². The summed E-state index contributed by atoms with van der Waals surface area (Å²) in [5.41, 5.74) is 6.26. The molecule has 1 atom stereocenters. The van der Waals surface area contributed by atoms with Crippen molar-refractivity contribution in [3.05, 3.63) is 35.4 Å². The third-order valence-corrected chi connectivity index (χ3v) is 2.57. The number of benzene rings is 1. The molecule has 0 aliphatic rings. The molecule has 0 amide bonds. The van der Waals surface area contributed by atoms with E-state index in [0.717, 1.165) is 5.56 Å². The number of nitrogens with one attached hydrogen (secondary N) is 1. The lowest BCUT2D eigenvalue weighted by molar-refractivity contribution is 0.0515. The van der Waals surface area contributed by atoms with Crippen LogP contribution in [-0.4, -0.2) is 29.9 Å². The summed E-state index contributed by atoms with van der Waals surface area (Å²) < 4.78 is 4.68. The van der Waals surface area contributed by atoms with Crippen LogP contribution in [0.4, 0.5) is 0 Å². The van der Waals surface area contributed by atoms with Crippen LogP contribution in [0.1, 0.15) is 42.8 Å². The Kier molecular flexibility index (Phi) is 5.47. The molecule has 4 N–H and O–H groups in total. The predicted octanol–water partition coefficient (Wildman–Crippen LogP) is 1.18. The van der Waals surface area contributed by atoms with E-state index in [-0.39, 0.29) is 12.3 Å². The fourth-order valence-corrected chi connectivity index (χ4v) is 1.52. The number of hydrogen-bond donors (Lipinski definition) is 3. The van der Waals surface area contributed by atoms with Gasteiger partial charge in [0.1, 0.15) is 6.73 Å². The summed E-state index contributed by atoms with van der Waals surface area (Å²) in [5, 5.41) is 13.2. The van der Waals surface area contributed by atoms with Crippen molar-refractivity contribution in [2.24, 2.45) is 5.73 Å². The Hall–Kier alpha value is -1.43. The molecule has 1 rings (SSSR count).